The van der Waals surface area contributed by atoms with Gasteiger partial charge in [-0.05, 0) is 18.2 Å². The molecule has 2 aromatic carbocycles. The molecule has 104 valence electrons. The summed E-state index contributed by atoms with van der Waals surface area (Å²) in [5, 5.41) is 0.962. The molecule has 0 amide bonds. The molecule has 3 rings (SSSR count). The largest absolute Gasteiger partial charge is 0.228 e. The number of aromatic nitrogens is 2. The molecule has 1 aromatic heterocycles. The van der Waals surface area contributed by atoms with Crippen molar-refractivity contribution in [1.82, 2.24) is 9.97 Å². The molecule has 21 heavy (non-hydrogen) atoms. The van der Waals surface area contributed by atoms with Gasteiger partial charge in [0.15, 0.2) is 5.82 Å². The second-order valence-corrected chi connectivity index (χ2v) is 6.10. The van der Waals surface area contributed by atoms with Crippen LogP contribution in [0.25, 0.3) is 22.6 Å². The average molecular weight is 380 g/mol. The summed E-state index contributed by atoms with van der Waals surface area (Å²) >= 11 is 15.8. The molecule has 0 atom stereocenters. The Balaban J connectivity index is 2.14. The minimum Gasteiger partial charge on any atom is -0.228 e. The third-order valence-corrected chi connectivity index (χ3v) is 3.94. The molecule has 2 nitrogen and oxygen atoms in total. The molecule has 0 unspecified atom stereocenters. The van der Waals surface area contributed by atoms with E-state index in [2.05, 4.69) is 25.9 Å². The van der Waals surface area contributed by atoms with Crippen molar-refractivity contribution in [1.29, 1.82) is 0 Å². The van der Waals surface area contributed by atoms with Crippen LogP contribution in [-0.4, -0.2) is 9.97 Å². The second kappa shape index (κ2) is 6.14. The second-order valence-electron chi connectivity index (χ2n) is 4.39. The van der Waals surface area contributed by atoms with Gasteiger partial charge < -0.3 is 0 Å². The van der Waals surface area contributed by atoms with Gasteiger partial charge in [0.2, 0.25) is 0 Å². The minimum atomic E-state index is 0.387. The molecule has 0 saturated heterocycles. The average Bonchev–Trinajstić information content (AvgIpc) is 2.47. The van der Waals surface area contributed by atoms with Crippen LogP contribution in [0.2, 0.25) is 10.2 Å². The van der Waals surface area contributed by atoms with Crippen LogP contribution in [0.4, 0.5) is 0 Å². The van der Waals surface area contributed by atoms with E-state index < -0.39 is 0 Å². The summed E-state index contributed by atoms with van der Waals surface area (Å²) < 4.78 is 0.904. The van der Waals surface area contributed by atoms with Gasteiger partial charge in [0.05, 0.1) is 10.7 Å². The smallest absolute Gasteiger partial charge is 0.162 e. The first kappa shape index (κ1) is 14.5. The summed E-state index contributed by atoms with van der Waals surface area (Å²) in [6.45, 7) is 0. The van der Waals surface area contributed by atoms with E-state index in [0.29, 0.717) is 16.0 Å². The van der Waals surface area contributed by atoms with E-state index in [1.54, 1.807) is 6.07 Å². The summed E-state index contributed by atoms with van der Waals surface area (Å²) in [5.41, 5.74) is 2.50. The third kappa shape index (κ3) is 3.26. The van der Waals surface area contributed by atoms with Crippen LogP contribution >= 0.6 is 39.1 Å². The predicted molar refractivity (Wildman–Crippen MR) is 90.6 cm³/mol. The Labute approximate surface area is 140 Å². The van der Waals surface area contributed by atoms with Gasteiger partial charge in [0.1, 0.15) is 5.15 Å². The lowest BCUT2D eigenvalue weighted by Gasteiger charge is -2.07. The molecule has 0 N–H and O–H groups in total. The van der Waals surface area contributed by atoms with Crippen LogP contribution in [-0.2, 0) is 0 Å². The normalized spacial score (nSPS) is 10.6. The van der Waals surface area contributed by atoms with Crippen molar-refractivity contribution >= 4 is 39.1 Å². The summed E-state index contributed by atoms with van der Waals surface area (Å²) in [4.78, 5) is 8.84. The summed E-state index contributed by atoms with van der Waals surface area (Å²) in [7, 11) is 0. The fraction of sp³-hybridized carbons (Fsp3) is 0. The van der Waals surface area contributed by atoms with Crippen LogP contribution in [0.15, 0.2) is 59.1 Å². The van der Waals surface area contributed by atoms with Gasteiger partial charge in [-0.2, -0.15) is 0 Å². The minimum absolute atomic E-state index is 0.387. The Bertz CT molecular complexity index is 792. The quantitative estimate of drug-likeness (QED) is 0.519. The van der Waals surface area contributed by atoms with Gasteiger partial charge in [-0.25, -0.2) is 9.97 Å². The number of hydrogen-bond donors (Lipinski definition) is 0. The molecule has 0 saturated carbocycles. The molecule has 3 aromatic rings. The van der Waals surface area contributed by atoms with Crippen molar-refractivity contribution in [2.75, 3.05) is 0 Å². The Hall–Kier alpha value is -1.42. The van der Waals surface area contributed by atoms with Gasteiger partial charge in [-0.15, -0.1) is 0 Å². The molecule has 0 aliphatic carbocycles. The first-order chi connectivity index (χ1) is 10.1. The monoisotopic (exact) mass is 378 g/mol. The number of nitrogens with zero attached hydrogens (tertiary/aromatic N) is 2. The molecule has 0 fully saturated rings. The highest BCUT2D eigenvalue weighted by atomic mass is 79.9. The van der Waals surface area contributed by atoms with Crippen molar-refractivity contribution in [3.63, 3.8) is 0 Å². The number of hydrogen-bond acceptors (Lipinski definition) is 2. The van der Waals surface area contributed by atoms with Crippen molar-refractivity contribution < 1.29 is 0 Å². The van der Waals surface area contributed by atoms with Crippen LogP contribution in [0.5, 0.6) is 0 Å². The SMILES string of the molecule is Clc1cc(-c2ccccc2)nc(-c2ccc(Br)cc2Cl)n1. The maximum absolute atomic E-state index is 6.26. The Kier molecular flexibility index (Phi) is 4.24. The molecular formula is C16H9BrCl2N2. The Morgan fingerprint density at radius 1 is 0.857 bits per heavy atom. The molecule has 0 aliphatic rings. The summed E-state index contributed by atoms with van der Waals surface area (Å²) in [5.74, 6) is 0.513. The van der Waals surface area contributed by atoms with E-state index in [1.165, 1.54) is 0 Å². The first-order valence-electron chi connectivity index (χ1n) is 6.19. The topological polar surface area (TPSA) is 25.8 Å². The van der Waals surface area contributed by atoms with Crippen LogP contribution < -0.4 is 0 Å². The Morgan fingerprint density at radius 3 is 2.33 bits per heavy atom. The molecule has 0 radical (unpaired) electrons. The van der Waals surface area contributed by atoms with E-state index in [1.807, 2.05) is 48.5 Å². The van der Waals surface area contributed by atoms with Gasteiger partial charge in [-0.1, -0.05) is 69.5 Å². The lowest BCUT2D eigenvalue weighted by atomic mass is 10.1. The fourth-order valence-corrected chi connectivity index (χ4v) is 2.91. The highest BCUT2D eigenvalue weighted by molar-refractivity contribution is 9.10. The van der Waals surface area contributed by atoms with Crippen LogP contribution in [0, 0.1) is 0 Å². The maximum atomic E-state index is 6.26. The standard InChI is InChI=1S/C16H9BrCl2N2/c17-11-6-7-12(13(18)8-11)16-20-14(9-15(19)21-16)10-4-2-1-3-5-10/h1-9H. The number of rotatable bonds is 2. The maximum Gasteiger partial charge on any atom is 0.162 e. The van der Waals surface area contributed by atoms with Crippen molar-refractivity contribution in [2.24, 2.45) is 0 Å². The molecule has 0 spiro atoms. The van der Waals surface area contributed by atoms with E-state index in [9.17, 15) is 0 Å². The lowest BCUT2D eigenvalue weighted by molar-refractivity contribution is 1.18. The van der Waals surface area contributed by atoms with Crippen molar-refractivity contribution in [2.45, 2.75) is 0 Å². The predicted octanol–water partition coefficient (Wildman–Crippen LogP) is 5.88. The molecule has 0 bridgehead atoms. The van der Waals surface area contributed by atoms with Gasteiger partial charge in [0, 0.05) is 21.7 Å². The summed E-state index contributed by atoms with van der Waals surface area (Å²) in [6.07, 6.45) is 0. The lowest BCUT2D eigenvalue weighted by Crippen LogP contribution is -1.93. The van der Waals surface area contributed by atoms with Crippen LogP contribution in [0.1, 0.15) is 0 Å². The fourth-order valence-electron chi connectivity index (χ4n) is 1.97. The van der Waals surface area contributed by atoms with E-state index in [0.717, 1.165) is 21.3 Å². The van der Waals surface area contributed by atoms with E-state index in [-0.39, 0.29) is 0 Å². The van der Waals surface area contributed by atoms with Gasteiger partial charge in [-0.3, -0.25) is 0 Å². The number of benzene rings is 2. The van der Waals surface area contributed by atoms with Gasteiger partial charge >= 0.3 is 0 Å². The van der Waals surface area contributed by atoms with E-state index >= 15 is 0 Å². The summed E-state index contributed by atoms with van der Waals surface area (Å²) in [6, 6.07) is 17.1. The Morgan fingerprint density at radius 2 is 1.62 bits per heavy atom. The highest BCUT2D eigenvalue weighted by Crippen LogP contribution is 2.30. The zero-order valence-corrected chi connectivity index (χ0v) is 13.8. The molecule has 5 heteroatoms. The van der Waals surface area contributed by atoms with Crippen molar-refractivity contribution in [3.8, 4) is 22.6 Å². The zero-order chi connectivity index (χ0) is 14.8. The highest BCUT2D eigenvalue weighted by Gasteiger charge is 2.11. The van der Waals surface area contributed by atoms with E-state index in [4.69, 9.17) is 23.2 Å². The zero-order valence-electron chi connectivity index (χ0n) is 10.7. The number of halogens is 3. The van der Waals surface area contributed by atoms with Crippen molar-refractivity contribution in [3.05, 3.63) is 69.2 Å². The third-order valence-electron chi connectivity index (χ3n) is 2.94. The van der Waals surface area contributed by atoms with Gasteiger partial charge in [0.25, 0.3) is 0 Å². The molecule has 1 heterocycles. The van der Waals surface area contributed by atoms with Crippen LogP contribution in [0.3, 0.4) is 0 Å². The molecular weight excluding hydrogens is 371 g/mol. The molecule has 0 aliphatic heterocycles. The first-order valence-corrected chi connectivity index (χ1v) is 7.74.